The molecule has 4 aromatic rings. The Labute approximate surface area is 288 Å². The van der Waals surface area contributed by atoms with Gasteiger partial charge >= 0.3 is 290 Å². The molecule has 0 heterocycles. The normalized spacial score (nSPS) is 19.9. The van der Waals surface area contributed by atoms with Gasteiger partial charge in [-0.15, -0.1) is 0 Å². The second-order valence-electron chi connectivity index (χ2n) is 20.3. The quantitative estimate of drug-likeness (QED) is 0.170. The van der Waals surface area contributed by atoms with Crippen molar-refractivity contribution in [1.29, 1.82) is 0 Å². The Morgan fingerprint density at radius 3 is 1.23 bits per heavy atom. The van der Waals surface area contributed by atoms with Crippen LogP contribution in [0.3, 0.4) is 0 Å². The van der Waals surface area contributed by atoms with Gasteiger partial charge in [0.25, 0.3) is 0 Å². The van der Waals surface area contributed by atoms with Gasteiger partial charge in [-0.25, -0.2) is 0 Å². The van der Waals surface area contributed by atoms with E-state index in [1.807, 2.05) is 0 Å². The number of hydrogen-bond acceptors (Lipinski definition) is 0. The van der Waals surface area contributed by atoms with Gasteiger partial charge in [0.2, 0.25) is 0 Å². The third-order valence-electron chi connectivity index (χ3n) is 16.8. The van der Waals surface area contributed by atoms with Crippen LogP contribution in [-0.4, -0.2) is 6.94 Å². The van der Waals surface area contributed by atoms with Crippen LogP contribution in [0.5, 0.6) is 0 Å². The Kier molecular flexibility index (Phi) is 7.54. The summed E-state index contributed by atoms with van der Waals surface area (Å²) in [6, 6.07) is 32.9. The zero-order chi connectivity index (χ0) is 35.2. The molecule has 0 spiro atoms. The maximum atomic E-state index is 2.90. The Morgan fingerprint density at radius 2 is 0.896 bits per heavy atom. The van der Waals surface area contributed by atoms with Gasteiger partial charge in [-0.2, -0.15) is 0 Å². The number of fused-ring (bicyclic) bond motifs is 2. The first-order chi connectivity index (χ1) is 22.1. The van der Waals surface area contributed by atoms with Crippen LogP contribution < -0.4 is 0 Å². The second-order valence-corrected chi connectivity index (χ2v) is 95.5. The van der Waals surface area contributed by atoms with Gasteiger partial charge in [-0.05, 0) is 0 Å². The van der Waals surface area contributed by atoms with Crippen molar-refractivity contribution in [3.63, 3.8) is 0 Å². The first-order valence-corrected chi connectivity index (χ1v) is 41.7. The van der Waals surface area contributed by atoms with Crippen LogP contribution in [0.4, 0.5) is 0 Å². The van der Waals surface area contributed by atoms with E-state index in [0.29, 0.717) is 19.2 Å². The first kappa shape index (κ1) is 35.3. The zero-order valence-corrected chi connectivity index (χ0v) is 36.9. The molecule has 4 aromatic carbocycles. The van der Waals surface area contributed by atoms with Gasteiger partial charge in [0.05, 0.1) is 0 Å². The molecule has 0 N–H and O–H groups in total. The van der Waals surface area contributed by atoms with E-state index < -0.39 is 14.2 Å². The van der Waals surface area contributed by atoms with E-state index in [2.05, 4.69) is 195 Å². The van der Waals surface area contributed by atoms with Crippen LogP contribution in [0.15, 0.2) is 97.1 Å². The monoisotopic (exact) mass is 820 g/mol. The van der Waals surface area contributed by atoms with E-state index in [1.54, 1.807) is 0 Å². The molecular weight excluding hydrogens is 759 g/mol. The summed E-state index contributed by atoms with van der Waals surface area (Å²) in [5.41, 5.74) is 14.1. The van der Waals surface area contributed by atoms with Crippen molar-refractivity contribution in [3.8, 4) is 22.3 Å². The van der Waals surface area contributed by atoms with Crippen molar-refractivity contribution in [2.75, 3.05) is 0 Å². The van der Waals surface area contributed by atoms with Gasteiger partial charge < -0.3 is 0 Å². The van der Waals surface area contributed by atoms with Crippen LogP contribution in [0.1, 0.15) is 122 Å². The molecular formula is C46H60HfSi. The minimum absolute atomic E-state index is 0.0229. The van der Waals surface area contributed by atoms with Gasteiger partial charge in [0, 0.05) is 0 Å². The van der Waals surface area contributed by atoms with Crippen LogP contribution in [0, 0.1) is 0 Å². The van der Waals surface area contributed by atoms with Crippen LogP contribution >= 0.6 is 0 Å². The molecule has 0 aromatic heterocycles. The minimum atomic E-state index is -5.58. The van der Waals surface area contributed by atoms with Crippen molar-refractivity contribution in [3.05, 3.63) is 130 Å². The van der Waals surface area contributed by atoms with Gasteiger partial charge in [-0.3, -0.25) is 0 Å². The predicted octanol–water partition coefficient (Wildman–Crippen LogP) is 13.9. The van der Waals surface area contributed by atoms with E-state index in [4.69, 9.17) is 0 Å². The third-order valence-corrected chi connectivity index (χ3v) is 111. The standard InChI is InChI=1S/2C18H17.2C4H9.2CH3.Hf.H2Si/c2*1-13(2)15-8-3-9-16(12-15)18-11-5-7-14-6-4-10-17(14)18;2*1-4(2)3;;;;/h2*3-13H,1-2H3;2*1-3H3;2*1H3;;1H2. The molecule has 2 heteroatoms. The van der Waals surface area contributed by atoms with E-state index >= 15 is 0 Å². The van der Waals surface area contributed by atoms with Gasteiger partial charge in [0.1, 0.15) is 0 Å². The van der Waals surface area contributed by atoms with Crippen LogP contribution in [-0.2, 0) is 14.2 Å². The summed E-state index contributed by atoms with van der Waals surface area (Å²) in [5, 5.41) is 0. The molecule has 2 aliphatic carbocycles. The molecule has 0 saturated heterocycles. The molecule has 0 saturated carbocycles. The van der Waals surface area contributed by atoms with Crippen molar-refractivity contribution in [2.24, 2.45) is 0 Å². The number of rotatable bonds is 6. The zero-order valence-electron chi connectivity index (χ0n) is 31.9. The SMILES string of the molecule is CC(C)c1cccc(-c2cccc3c2C=C[CH]3[Hf]([CH3])([CH3])(=[SiH2])([CH]2C=Cc3c(-c4cccc(C(C)C)c4)cccc32)([C](C)(C)C)[C](C)(C)C)c1. The summed E-state index contributed by atoms with van der Waals surface area (Å²) < 4.78 is 6.49. The number of allylic oxidation sites excluding steroid dienone is 2. The summed E-state index contributed by atoms with van der Waals surface area (Å²) in [5.74, 6) is 1.000. The molecule has 0 fully saturated rings. The number of benzene rings is 4. The average Bonchev–Trinajstić information content (AvgIpc) is 3.67. The maximum absolute atomic E-state index is 5.58. The molecule has 6 rings (SSSR count). The molecule has 2 aliphatic rings. The molecule has 2 atom stereocenters. The Bertz CT molecular complexity index is 2000. The fraction of sp³-hybridized carbons (Fsp3) is 0.391. The van der Waals surface area contributed by atoms with E-state index in [-0.39, 0.29) is 6.34 Å². The van der Waals surface area contributed by atoms with Crippen LogP contribution in [0.2, 0.25) is 15.7 Å². The van der Waals surface area contributed by atoms with Crippen LogP contribution in [0.25, 0.3) is 34.4 Å². The molecule has 2 unspecified atom stereocenters. The molecule has 0 bridgehead atoms. The van der Waals surface area contributed by atoms with E-state index in [0.717, 1.165) is 0 Å². The fourth-order valence-electron chi connectivity index (χ4n) is 10.6. The van der Waals surface area contributed by atoms with E-state index in [1.165, 1.54) is 55.6 Å². The topological polar surface area (TPSA) is 0 Å². The van der Waals surface area contributed by atoms with E-state index in [9.17, 15) is 0 Å². The average molecular weight is 820 g/mol. The Hall–Kier alpha value is -2.55. The molecule has 0 amide bonds. The summed E-state index contributed by atoms with van der Waals surface area (Å²) >= 11 is -5.58. The summed E-state index contributed by atoms with van der Waals surface area (Å²) in [4.78, 5) is 0. The first-order valence-electron chi connectivity index (χ1n) is 18.4. The number of hydrogen-bond donors (Lipinski definition) is 0. The van der Waals surface area contributed by atoms with Crippen molar-refractivity contribution < 1.29 is 14.2 Å². The molecule has 252 valence electrons. The molecule has 0 radical (unpaired) electrons. The van der Waals surface area contributed by atoms with Gasteiger partial charge in [-0.1, -0.05) is 0 Å². The summed E-state index contributed by atoms with van der Waals surface area (Å²) in [6.45, 7) is 27.4. The van der Waals surface area contributed by atoms with Crippen molar-refractivity contribution in [1.82, 2.24) is 0 Å². The molecule has 0 nitrogen and oxygen atoms in total. The predicted molar refractivity (Wildman–Crippen MR) is 215 cm³/mol. The second kappa shape index (κ2) is 10.3. The summed E-state index contributed by atoms with van der Waals surface area (Å²) in [6.07, 6.45) is 10.4. The summed E-state index contributed by atoms with van der Waals surface area (Å²) in [7, 11) is 0. The fourth-order valence-corrected chi connectivity index (χ4v) is 57.4. The third kappa shape index (κ3) is 4.03. The Balaban J connectivity index is 1.67. The Morgan fingerprint density at radius 1 is 0.542 bits per heavy atom. The molecule has 0 aliphatic heterocycles. The molecule has 48 heavy (non-hydrogen) atoms. The van der Waals surface area contributed by atoms with Crippen molar-refractivity contribution in [2.45, 2.75) is 104 Å². The van der Waals surface area contributed by atoms with Crippen molar-refractivity contribution >= 4 is 19.1 Å². The van der Waals surface area contributed by atoms with Gasteiger partial charge in [0.15, 0.2) is 0 Å².